The molecule has 134 valence electrons. The first-order valence-electron chi connectivity index (χ1n) is 8.90. The van der Waals surface area contributed by atoms with Gasteiger partial charge in [0.25, 0.3) is 0 Å². The molecular weight excluding hydrogens is 338 g/mol. The molecule has 0 unspecified atom stereocenters. The fourth-order valence-corrected chi connectivity index (χ4v) is 4.22. The Balaban J connectivity index is 1.45. The Morgan fingerprint density at radius 2 is 2.16 bits per heavy atom. The van der Waals surface area contributed by atoms with Crippen molar-refractivity contribution in [3.05, 3.63) is 29.6 Å². The molecule has 25 heavy (non-hydrogen) atoms. The molecule has 0 aromatic carbocycles. The van der Waals surface area contributed by atoms with Crippen molar-refractivity contribution in [1.82, 2.24) is 14.8 Å². The summed E-state index contributed by atoms with van der Waals surface area (Å²) in [5, 5.41) is 2.03. The van der Waals surface area contributed by atoms with Gasteiger partial charge >= 0.3 is 0 Å². The molecule has 2 aliphatic rings. The van der Waals surface area contributed by atoms with Crippen LogP contribution in [0.25, 0.3) is 10.6 Å². The second kappa shape index (κ2) is 7.68. The van der Waals surface area contributed by atoms with Gasteiger partial charge in [0, 0.05) is 13.1 Å². The van der Waals surface area contributed by atoms with E-state index in [1.165, 1.54) is 0 Å². The normalized spacial score (nSPS) is 22.2. The molecule has 2 saturated heterocycles. The van der Waals surface area contributed by atoms with E-state index in [9.17, 15) is 4.79 Å². The second-order valence-corrected chi connectivity index (χ2v) is 7.46. The highest BCUT2D eigenvalue weighted by Gasteiger charge is 2.33. The van der Waals surface area contributed by atoms with Crippen LogP contribution in [0.15, 0.2) is 28.1 Å². The van der Waals surface area contributed by atoms with E-state index in [-0.39, 0.29) is 11.9 Å². The van der Waals surface area contributed by atoms with E-state index in [0.717, 1.165) is 36.4 Å². The molecule has 0 saturated carbocycles. The SMILES string of the molecule is O=C([C@H]1CCCCN1Cc1ncc(-c2cccs2)o1)N1CCOCC1. The van der Waals surface area contributed by atoms with E-state index in [0.29, 0.717) is 38.7 Å². The zero-order valence-corrected chi connectivity index (χ0v) is 15.0. The number of amides is 1. The lowest BCUT2D eigenvalue weighted by Crippen LogP contribution is -2.53. The Bertz CT molecular complexity index is 694. The van der Waals surface area contributed by atoms with Crippen molar-refractivity contribution in [1.29, 1.82) is 0 Å². The average Bonchev–Trinajstić information content (AvgIpc) is 3.34. The van der Waals surface area contributed by atoms with Gasteiger partial charge in [-0.05, 0) is 30.8 Å². The number of piperidine rings is 1. The zero-order chi connectivity index (χ0) is 17.1. The minimum Gasteiger partial charge on any atom is -0.438 e. The van der Waals surface area contributed by atoms with Gasteiger partial charge in [0.05, 0.1) is 36.9 Å². The number of oxazole rings is 1. The topological polar surface area (TPSA) is 58.8 Å². The van der Waals surface area contributed by atoms with E-state index < -0.39 is 0 Å². The summed E-state index contributed by atoms with van der Waals surface area (Å²) < 4.78 is 11.3. The van der Waals surface area contributed by atoms with Gasteiger partial charge in [-0.1, -0.05) is 12.5 Å². The summed E-state index contributed by atoms with van der Waals surface area (Å²) in [6.45, 7) is 4.18. The predicted molar refractivity (Wildman–Crippen MR) is 95.3 cm³/mol. The van der Waals surface area contributed by atoms with E-state index >= 15 is 0 Å². The van der Waals surface area contributed by atoms with Gasteiger partial charge < -0.3 is 14.1 Å². The van der Waals surface area contributed by atoms with E-state index in [2.05, 4.69) is 9.88 Å². The summed E-state index contributed by atoms with van der Waals surface area (Å²) in [4.78, 5) is 22.6. The molecule has 0 bridgehead atoms. The smallest absolute Gasteiger partial charge is 0.240 e. The molecule has 1 amide bonds. The molecule has 0 aliphatic carbocycles. The molecule has 2 aromatic heterocycles. The first-order chi connectivity index (χ1) is 12.3. The Morgan fingerprint density at radius 3 is 2.96 bits per heavy atom. The van der Waals surface area contributed by atoms with Crippen molar-refractivity contribution in [2.24, 2.45) is 0 Å². The number of morpholine rings is 1. The Morgan fingerprint density at radius 1 is 1.28 bits per heavy atom. The number of hydrogen-bond donors (Lipinski definition) is 0. The molecule has 0 N–H and O–H groups in total. The van der Waals surface area contributed by atoms with Crippen molar-refractivity contribution in [3.63, 3.8) is 0 Å². The lowest BCUT2D eigenvalue weighted by Gasteiger charge is -2.38. The molecule has 4 rings (SSSR count). The Labute approximate surface area is 151 Å². The maximum Gasteiger partial charge on any atom is 0.240 e. The number of aromatic nitrogens is 1. The molecule has 2 aliphatic heterocycles. The molecular formula is C18H23N3O3S. The van der Waals surface area contributed by atoms with Crippen LogP contribution in [0, 0.1) is 0 Å². The third kappa shape index (κ3) is 3.78. The lowest BCUT2D eigenvalue weighted by molar-refractivity contribution is -0.142. The summed E-state index contributed by atoms with van der Waals surface area (Å²) in [7, 11) is 0. The van der Waals surface area contributed by atoms with Crippen LogP contribution >= 0.6 is 11.3 Å². The number of ether oxygens (including phenoxy) is 1. The van der Waals surface area contributed by atoms with Crippen molar-refractivity contribution in [2.75, 3.05) is 32.8 Å². The predicted octanol–water partition coefficient (Wildman–Crippen LogP) is 2.62. The molecule has 0 spiro atoms. The van der Waals surface area contributed by atoms with Crippen molar-refractivity contribution in [3.8, 4) is 10.6 Å². The number of hydrogen-bond acceptors (Lipinski definition) is 6. The van der Waals surface area contributed by atoms with Crippen LogP contribution in [0.5, 0.6) is 0 Å². The number of nitrogens with zero attached hydrogens (tertiary/aromatic N) is 3. The number of thiophene rings is 1. The van der Waals surface area contributed by atoms with Crippen LogP contribution in [-0.2, 0) is 16.1 Å². The first-order valence-corrected chi connectivity index (χ1v) is 9.78. The Kier molecular flexibility index (Phi) is 5.14. The summed E-state index contributed by atoms with van der Waals surface area (Å²) >= 11 is 1.64. The number of rotatable bonds is 4. The highest BCUT2D eigenvalue weighted by molar-refractivity contribution is 7.13. The van der Waals surface area contributed by atoms with Crippen molar-refractivity contribution in [2.45, 2.75) is 31.8 Å². The maximum atomic E-state index is 12.9. The summed E-state index contributed by atoms with van der Waals surface area (Å²) in [6.07, 6.45) is 4.91. The number of carbonyl (C=O) groups excluding carboxylic acids is 1. The fraction of sp³-hybridized carbons (Fsp3) is 0.556. The lowest BCUT2D eigenvalue weighted by atomic mass is 10.0. The molecule has 1 atom stereocenters. The third-order valence-corrected chi connectivity index (χ3v) is 5.76. The second-order valence-electron chi connectivity index (χ2n) is 6.52. The van der Waals surface area contributed by atoms with Gasteiger partial charge in [-0.3, -0.25) is 9.69 Å². The molecule has 6 nitrogen and oxygen atoms in total. The van der Waals surface area contributed by atoms with Crippen molar-refractivity contribution < 1.29 is 13.9 Å². The maximum absolute atomic E-state index is 12.9. The average molecular weight is 361 g/mol. The summed E-state index contributed by atoms with van der Waals surface area (Å²) in [6, 6.07) is 3.97. The highest BCUT2D eigenvalue weighted by atomic mass is 32.1. The molecule has 7 heteroatoms. The van der Waals surface area contributed by atoms with Crippen LogP contribution in [0.2, 0.25) is 0 Å². The number of carbonyl (C=O) groups is 1. The van der Waals surface area contributed by atoms with Gasteiger partial charge in [-0.2, -0.15) is 0 Å². The van der Waals surface area contributed by atoms with Gasteiger partial charge in [-0.25, -0.2) is 4.98 Å². The van der Waals surface area contributed by atoms with E-state index in [1.54, 1.807) is 17.5 Å². The molecule has 2 aromatic rings. The van der Waals surface area contributed by atoms with Crippen LogP contribution < -0.4 is 0 Å². The van der Waals surface area contributed by atoms with Gasteiger partial charge in [0.1, 0.15) is 0 Å². The standard InChI is InChI=1S/C18H23N3O3S/c22-18(20-7-9-23-10-8-20)14-4-1-2-6-21(14)13-17-19-12-15(24-17)16-5-3-11-25-16/h3,5,11-12,14H,1-2,4,6-10,13H2/t14-/m1/s1. The molecule has 4 heterocycles. The minimum atomic E-state index is -0.0658. The summed E-state index contributed by atoms with van der Waals surface area (Å²) in [5.41, 5.74) is 0. The van der Waals surface area contributed by atoms with Gasteiger partial charge in [0.2, 0.25) is 11.8 Å². The van der Waals surface area contributed by atoms with Crippen LogP contribution in [-0.4, -0.2) is 59.6 Å². The molecule has 2 fully saturated rings. The van der Waals surface area contributed by atoms with Gasteiger partial charge in [-0.15, -0.1) is 11.3 Å². The third-order valence-electron chi connectivity index (χ3n) is 4.88. The first kappa shape index (κ1) is 16.8. The zero-order valence-electron chi connectivity index (χ0n) is 14.2. The largest absolute Gasteiger partial charge is 0.438 e. The van der Waals surface area contributed by atoms with Crippen LogP contribution in [0.1, 0.15) is 25.2 Å². The minimum absolute atomic E-state index is 0.0658. The van der Waals surface area contributed by atoms with E-state index in [4.69, 9.17) is 9.15 Å². The summed E-state index contributed by atoms with van der Waals surface area (Å²) in [5.74, 6) is 1.72. The van der Waals surface area contributed by atoms with Crippen LogP contribution in [0.4, 0.5) is 0 Å². The highest BCUT2D eigenvalue weighted by Crippen LogP contribution is 2.27. The number of likely N-dealkylation sites (tertiary alicyclic amines) is 1. The monoisotopic (exact) mass is 361 g/mol. The fourth-order valence-electron chi connectivity index (χ4n) is 3.54. The van der Waals surface area contributed by atoms with Gasteiger partial charge in [0.15, 0.2) is 5.76 Å². The van der Waals surface area contributed by atoms with E-state index in [1.807, 2.05) is 22.4 Å². The Hall–Kier alpha value is -1.70. The van der Waals surface area contributed by atoms with Crippen LogP contribution in [0.3, 0.4) is 0 Å². The quantitative estimate of drug-likeness (QED) is 0.838. The van der Waals surface area contributed by atoms with Crippen molar-refractivity contribution >= 4 is 17.2 Å². The molecule has 0 radical (unpaired) electrons.